The van der Waals surface area contributed by atoms with Crippen molar-refractivity contribution in [3.05, 3.63) is 72.4 Å². The monoisotopic (exact) mass is 446 g/mol. The molecular weight excluding hydrogens is 420 g/mol. The second-order valence-corrected chi connectivity index (χ2v) is 7.16. The van der Waals surface area contributed by atoms with Crippen molar-refractivity contribution in [1.82, 2.24) is 20.0 Å². The van der Waals surface area contributed by atoms with Gasteiger partial charge in [-0.3, -0.25) is 4.79 Å². The van der Waals surface area contributed by atoms with Crippen LogP contribution in [0.3, 0.4) is 0 Å². The van der Waals surface area contributed by atoms with Gasteiger partial charge >= 0.3 is 0 Å². The molecule has 0 aliphatic rings. The average molecular weight is 447 g/mol. The Balaban J connectivity index is 1.39. The van der Waals surface area contributed by atoms with Crippen LogP contribution in [0, 0.1) is 0 Å². The molecule has 0 atom stereocenters. The molecule has 1 N–H and O–H groups in total. The van der Waals surface area contributed by atoms with Crippen molar-refractivity contribution in [3.8, 4) is 34.5 Å². The van der Waals surface area contributed by atoms with Gasteiger partial charge in [-0.1, -0.05) is 35.5 Å². The van der Waals surface area contributed by atoms with E-state index in [1.165, 1.54) is 0 Å². The second-order valence-electron chi connectivity index (χ2n) is 7.16. The molecule has 0 bridgehead atoms. The van der Waals surface area contributed by atoms with Crippen LogP contribution in [0.25, 0.3) is 23.0 Å². The van der Waals surface area contributed by atoms with Crippen LogP contribution in [-0.2, 0) is 6.54 Å². The van der Waals surface area contributed by atoms with Gasteiger partial charge in [0.15, 0.2) is 11.5 Å². The highest BCUT2D eigenvalue weighted by atomic mass is 16.5. The molecule has 0 saturated heterocycles. The summed E-state index contributed by atoms with van der Waals surface area (Å²) < 4.78 is 18.6. The van der Waals surface area contributed by atoms with Gasteiger partial charge in [-0.05, 0) is 44.2 Å². The molecule has 4 aromatic rings. The quantitative estimate of drug-likeness (QED) is 0.387. The lowest BCUT2D eigenvalue weighted by atomic mass is 10.2. The fourth-order valence-electron chi connectivity index (χ4n) is 3.42. The molecule has 0 aliphatic heterocycles. The normalized spacial score (nSPS) is 10.7. The van der Waals surface area contributed by atoms with Crippen molar-refractivity contribution in [2.75, 3.05) is 19.8 Å². The van der Waals surface area contributed by atoms with Crippen LogP contribution in [0.4, 0.5) is 0 Å². The maximum absolute atomic E-state index is 12.7. The molecule has 0 aliphatic carbocycles. The third-order valence-corrected chi connectivity index (χ3v) is 4.95. The number of hydrogen-bond acceptors (Lipinski definition) is 6. The van der Waals surface area contributed by atoms with Crippen LogP contribution >= 0.6 is 0 Å². The molecule has 1 amide bonds. The Morgan fingerprint density at radius 2 is 1.79 bits per heavy atom. The predicted molar refractivity (Wildman–Crippen MR) is 124 cm³/mol. The van der Waals surface area contributed by atoms with Crippen molar-refractivity contribution in [2.45, 2.75) is 20.4 Å². The van der Waals surface area contributed by atoms with E-state index in [-0.39, 0.29) is 5.91 Å². The summed E-state index contributed by atoms with van der Waals surface area (Å²) >= 11 is 0. The van der Waals surface area contributed by atoms with E-state index in [1.807, 2.05) is 67.1 Å². The number of benzene rings is 2. The Labute approximate surface area is 192 Å². The van der Waals surface area contributed by atoms with Crippen molar-refractivity contribution in [2.24, 2.45) is 0 Å². The number of rotatable bonds is 10. The molecule has 0 unspecified atom stereocenters. The first-order chi connectivity index (χ1) is 16.2. The Morgan fingerprint density at radius 1 is 1.00 bits per heavy atom. The van der Waals surface area contributed by atoms with Gasteiger partial charge in [0.05, 0.1) is 13.2 Å². The minimum absolute atomic E-state index is 0.183. The summed E-state index contributed by atoms with van der Waals surface area (Å²) in [5, 5.41) is 7.03. The third-order valence-electron chi connectivity index (χ3n) is 4.95. The maximum Gasteiger partial charge on any atom is 0.274 e. The van der Waals surface area contributed by atoms with E-state index in [0.717, 1.165) is 11.3 Å². The maximum atomic E-state index is 12.7. The zero-order valence-electron chi connectivity index (χ0n) is 18.7. The van der Waals surface area contributed by atoms with Gasteiger partial charge in [0.2, 0.25) is 5.82 Å². The van der Waals surface area contributed by atoms with E-state index in [4.69, 9.17) is 14.0 Å². The van der Waals surface area contributed by atoms with E-state index in [2.05, 4.69) is 15.5 Å². The van der Waals surface area contributed by atoms with Crippen LogP contribution in [-0.4, -0.2) is 40.4 Å². The predicted octanol–water partition coefficient (Wildman–Crippen LogP) is 4.43. The van der Waals surface area contributed by atoms with E-state index in [0.29, 0.717) is 55.1 Å². The molecule has 4 rings (SSSR count). The average Bonchev–Trinajstić information content (AvgIpc) is 3.51. The number of aromatic nitrogens is 3. The molecule has 2 aromatic heterocycles. The minimum atomic E-state index is -0.183. The summed E-state index contributed by atoms with van der Waals surface area (Å²) in [5.41, 5.74) is 2.19. The van der Waals surface area contributed by atoms with Crippen LogP contribution < -0.4 is 14.8 Å². The van der Waals surface area contributed by atoms with Gasteiger partial charge < -0.3 is 23.9 Å². The fourth-order valence-corrected chi connectivity index (χ4v) is 3.42. The number of carbonyl (C=O) groups excluding carboxylic acids is 1. The smallest absolute Gasteiger partial charge is 0.274 e. The molecule has 0 fully saturated rings. The van der Waals surface area contributed by atoms with Crippen LogP contribution in [0.2, 0.25) is 0 Å². The molecule has 0 saturated carbocycles. The first kappa shape index (κ1) is 22.1. The van der Waals surface area contributed by atoms with Crippen LogP contribution in [0.15, 0.2) is 71.4 Å². The minimum Gasteiger partial charge on any atom is -0.490 e. The molecule has 2 heterocycles. The number of amides is 1. The fraction of sp³-hybridized carbons (Fsp3) is 0.240. The summed E-state index contributed by atoms with van der Waals surface area (Å²) in [6, 6.07) is 18.7. The van der Waals surface area contributed by atoms with E-state index in [9.17, 15) is 4.79 Å². The lowest BCUT2D eigenvalue weighted by Crippen LogP contribution is -2.27. The molecule has 0 spiro atoms. The summed E-state index contributed by atoms with van der Waals surface area (Å²) in [6.45, 7) is 5.79. The Morgan fingerprint density at radius 3 is 2.58 bits per heavy atom. The Bertz CT molecular complexity index is 1200. The number of ether oxygens (including phenoxy) is 2. The van der Waals surface area contributed by atoms with Crippen molar-refractivity contribution < 1.29 is 18.8 Å². The van der Waals surface area contributed by atoms with Crippen LogP contribution in [0.1, 0.15) is 24.2 Å². The lowest BCUT2D eigenvalue weighted by molar-refractivity contribution is 0.0952. The van der Waals surface area contributed by atoms with Gasteiger partial charge in [-0.15, -0.1) is 0 Å². The summed E-state index contributed by atoms with van der Waals surface area (Å²) in [6.07, 6.45) is 1.91. The molecule has 170 valence electrons. The molecule has 8 nitrogen and oxygen atoms in total. The molecule has 8 heteroatoms. The van der Waals surface area contributed by atoms with Crippen molar-refractivity contribution >= 4 is 5.91 Å². The molecule has 0 radical (unpaired) electrons. The van der Waals surface area contributed by atoms with Gasteiger partial charge in [-0.2, -0.15) is 4.98 Å². The third kappa shape index (κ3) is 5.23. The summed E-state index contributed by atoms with van der Waals surface area (Å²) in [4.78, 5) is 17.2. The van der Waals surface area contributed by atoms with Crippen LogP contribution in [0.5, 0.6) is 11.5 Å². The number of nitrogens with zero attached hydrogens (tertiary/aromatic N) is 3. The van der Waals surface area contributed by atoms with Gasteiger partial charge in [0, 0.05) is 30.4 Å². The summed E-state index contributed by atoms with van der Waals surface area (Å²) in [5.74, 6) is 1.97. The molecular formula is C25H26N4O4. The second kappa shape index (κ2) is 10.5. The first-order valence-corrected chi connectivity index (χ1v) is 10.9. The highest BCUT2D eigenvalue weighted by molar-refractivity contribution is 5.94. The van der Waals surface area contributed by atoms with Gasteiger partial charge in [0.25, 0.3) is 11.8 Å². The number of carbonyl (C=O) groups is 1. The SMILES string of the molecule is CCOc1ccc(C(=O)NCCn2cccc2-c2nc(-c3ccccc3)no2)cc1OCC. The van der Waals surface area contributed by atoms with E-state index < -0.39 is 0 Å². The standard InChI is InChI=1S/C25H26N4O4/c1-3-31-21-13-12-19(17-22(21)32-4-2)24(30)26-14-16-29-15-8-11-20(29)25-27-23(28-33-25)18-9-6-5-7-10-18/h5-13,15,17H,3-4,14,16H2,1-2H3,(H,26,30). The highest BCUT2D eigenvalue weighted by Crippen LogP contribution is 2.28. The molecule has 2 aromatic carbocycles. The van der Waals surface area contributed by atoms with E-state index >= 15 is 0 Å². The van der Waals surface area contributed by atoms with E-state index in [1.54, 1.807) is 18.2 Å². The zero-order chi connectivity index (χ0) is 23.0. The van der Waals surface area contributed by atoms with Crippen molar-refractivity contribution in [3.63, 3.8) is 0 Å². The number of nitrogens with one attached hydrogen (secondary N) is 1. The Kier molecular flexibility index (Phi) is 7.04. The Hall–Kier alpha value is -4.07. The van der Waals surface area contributed by atoms with Gasteiger partial charge in [0.1, 0.15) is 5.69 Å². The highest BCUT2D eigenvalue weighted by Gasteiger charge is 2.15. The zero-order valence-corrected chi connectivity index (χ0v) is 18.7. The largest absolute Gasteiger partial charge is 0.490 e. The lowest BCUT2D eigenvalue weighted by Gasteiger charge is -2.13. The molecule has 33 heavy (non-hydrogen) atoms. The first-order valence-electron chi connectivity index (χ1n) is 10.9. The van der Waals surface area contributed by atoms with Crippen molar-refractivity contribution in [1.29, 1.82) is 0 Å². The topological polar surface area (TPSA) is 91.4 Å². The summed E-state index contributed by atoms with van der Waals surface area (Å²) in [7, 11) is 0. The van der Waals surface area contributed by atoms with Gasteiger partial charge in [-0.25, -0.2) is 0 Å². The number of hydrogen-bond donors (Lipinski definition) is 1.